The molecule has 20 heavy (non-hydrogen) atoms. The van der Waals surface area contributed by atoms with Crippen molar-refractivity contribution in [1.29, 1.82) is 0 Å². The number of nitrogens with one attached hydrogen (secondary N) is 1. The highest BCUT2D eigenvalue weighted by molar-refractivity contribution is 7.09. The van der Waals surface area contributed by atoms with E-state index in [2.05, 4.69) is 19.6 Å². The van der Waals surface area contributed by atoms with Crippen LogP contribution in [0, 0.1) is 6.92 Å². The van der Waals surface area contributed by atoms with Gasteiger partial charge in [0.15, 0.2) is 0 Å². The Morgan fingerprint density at radius 2 is 2.10 bits per heavy atom. The summed E-state index contributed by atoms with van der Waals surface area (Å²) in [5.74, 6) is 1.10. The molecule has 2 fully saturated rings. The molecule has 6 nitrogen and oxygen atoms in total. The summed E-state index contributed by atoms with van der Waals surface area (Å²) in [6.45, 7) is 6.17. The van der Waals surface area contributed by atoms with Crippen LogP contribution in [0.1, 0.15) is 25.1 Å². The van der Waals surface area contributed by atoms with E-state index in [0.29, 0.717) is 0 Å². The molecule has 0 aromatic carbocycles. The molecule has 2 aliphatic rings. The molecule has 0 saturated carbocycles. The zero-order valence-electron chi connectivity index (χ0n) is 11.8. The Kier molecular flexibility index (Phi) is 4.16. The molecule has 110 valence electrons. The van der Waals surface area contributed by atoms with Gasteiger partial charge in [-0.15, -0.1) is 0 Å². The van der Waals surface area contributed by atoms with E-state index in [9.17, 15) is 4.79 Å². The third kappa shape index (κ3) is 2.93. The first-order valence-electron chi connectivity index (χ1n) is 7.31. The van der Waals surface area contributed by atoms with Crippen molar-refractivity contribution in [3.8, 4) is 0 Å². The van der Waals surface area contributed by atoms with Crippen LogP contribution in [0.3, 0.4) is 0 Å². The molecule has 2 saturated heterocycles. The molecule has 1 atom stereocenters. The molecular weight excluding hydrogens is 274 g/mol. The highest BCUT2D eigenvalue weighted by Gasteiger charge is 2.28. The third-order valence-electron chi connectivity index (χ3n) is 3.99. The predicted molar refractivity (Wildman–Crippen MR) is 79.1 cm³/mol. The Balaban J connectivity index is 1.54. The molecule has 1 aromatic rings. The number of aryl methyl sites for hydroxylation is 1. The third-order valence-corrected chi connectivity index (χ3v) is 4.86. The SMILES string of the molecule is Cc1nsc(N2CCN(C(=O)[C@H]3CCCCN3)CC2)n1. The maximum atomic E-state index is 12.4. The lowest BCUT2D eigenvalue weighted by Gasteiger charge is -2.37. The van der Waals surface area contributed by atoms with E-state index in [1.807, 2.05) is 11.8 Å². The van der Waals surface area contributed by atoms with Gasteiger partial charge in [-0.25, -0.2) is 4.98 Å². The van der Waals surface area contributed by atoms with Crippen molar-refractivity contribution >= 4 is 22.6 Å². The van der Waals surface area contributed by atoms with Gasteiger partial charge >= 0.3 is 0 Å². The van der Waals surface area contributed by atoms with Crippen LogP contribution in [0.25, 0.3) is 0 Å². The van der Waals surface area contributed by atoms with Gasteiger partial charge in [0.2, 0.25) is 11.0 Å². The highest BCUT2D eigenvalue weighted by atomic mass is 32.1. The lowest BCUT2D eigenvalue weighted by Crippen LogP contribution is -2.55. The van der Waals surface area contributed by atoms with Crippen molar-refractivity contribution in [2.45, 2.75) is 32.2 Å². The van der Waals surface area contributed by atoms with Gasteiger partial charge in [-0.2, -0.15) is 4.37 Å². The first kappa shape index (κ1) is 13.8. The van der Waals surface area contributed by atoms with Crippen LogP contribution < -0.4 is 10.2 Å². The Morgan fingerprint density at radius 3 is 2.70 bits per heavy atom. The second-order valence-electron chi connectivity index (χ2n) is 5.44. The van der Waals surface area contributed by atoms with Gasteiger partial charge in [-0.3, -0.25) is 4.79 Å². The minimum absolute atomic E-state index is 0.0408. The number of carbonyl (C=O) groups excluding carboxylic acids is 1. The normalized spacial score (nSPS) is 23.9. The summed E-state index contributed by atoms with van der Waals surface area (Å²) in [5, 5.41) is 4.31. The topological polar surface area (TPSA) is 61.4 Å². The van der Waals surface area contributed by atoms with Crippen molar-refractivity contribution < 1.29 is 4.79 Å². The summed E-state index contributed by atoms with van der Waals surface area (Å²) in [6, 6.07) is 0.0408. The lowest BCUT2D eigenvalue weighted by atomic mass is 10.0. The number of hydrogen-bond acceptors (Lipinski definition) is 6. The van der Waals surface area contributed by atoms with E-state index in [-0.39, 0.29) is 11.9 Å². The van der Waals surface area contributed by atoms with Crippen molar-refractivity contribution in [2.75, 3.05) is 37.6 Å². The van der Waals surface area contributed by atoms with E-state index < -0.39 is 0 Å². The molecule has 0 radical (unpaired) electrons. The Hall–Kier alpha value is -1.21. The number of piperazine rings is 1. The minimum Gasteiger partial charge on any atom is -0.343 e. The summed E-state index contributed by atoms with van der Waals surface area (Å²) in [5.41, 5.74) is 0. The number of piperidine rings is 1. The smallest absolute Gasteiger partial charge is 0.239 e. The molecule has 7 heteroatoms. The van der Waals surface area contributed by atoms with E-state index in [1.54, 1.807) is 0 Å². The van der Waals surface area contributed by atoms with Crippen LogP contribution in [0.2, 0.25) is 0 Å². The second kappa shape index (κ2) is 6.05. The van der Waals surface area contributed by atoms with Gasteiger partial charge in [-0.05, 0) is 26.3 Å². The molecular formula is C13H21N5OS. The summed E-state index contributed by atoms with van der Waals surface area (Å²) in [7, 11) is 0. The molecule has 0 bridgehead atoms. The maximum absolute atomic E-state index is 12.4. The lowest BCUT2D eigenvalue weighted by molar-refractivity contribution is -0.134. The first-order chi connectivity index (χ1) is 9.74. The van der Waals surface area contributed by atoms with Crippen molar-refractivity contribution in [1.82, 2.24) is 19.6 Å². The van der Waals surface area contributed by atoms with Gasteiger partial charge < -0.3 is 15.1 Å². The molecule has 3 rings (SSSR count). The summed E-state index contributed by atoms with van der Waals surface area (Å²) >= 11 is 1.44. The van der Waals surface area contributed by atoms with E-state index in [0.717, 1.165) is 56.5 Å². The van der Waals surface area contributed by atoms with Crippen molar-refractivity contribution in [3.63, 3.8) is 0 Å². The molecule has 1 N–H and O–H groups in total. The molecule has 1 aromatic heterocycles. The molecule has 0 unspecified atom stereocenters. The number of carbonyl (C=O) groups is 1. The van der Waals surface area contributed by atoms with Crippen LogP contribution >= 0.6 is 11.5 Å². The fourth-order valence-corrected chi connectivity index (χ4v) is 3.54. The predicted octanol–water partition coefficient (Wildman–Crippen LogP) is 0.637. The minimum atomic E-state index is 0.0408. The average Bonchev–Trinajstić information content (AvgIpc) is 2.94. The van der Waals surface area contributed by atoms with Gasteiger partial charge in [0.05, 0.1) is 6.04 Å². The van der Waals surface area contributed by atoms with Crippen LogP contribution in [0.4, 0.5) is 5.13 Å². The summed E-state index contributed by atoms with van der Waals surface area (Å²) < 4.78 is 4.22. The van der Waals surface area contributed by atoms with Crippen LogP contribution in [0.15, 0.2) is 0 Å². The number of amides is 1. The van der Waals surface area contributed by atoms with E-state index in [4.69, 9.17) is 0 Å². The first-order valence-corrected chi connectivity index (χ1v) is 8.09. The summed E-state index contributed by atoms with van der Waals surface area (Å²) in [6.07, 6.45) is 3.33. The van der Waals surface area contributed by atoms with Gasteiger partial charge in [0, 0.05) is 37.7 Å². The largest absolute Gasteiger partial charge is 0.343 e. The number of nitrogens with zero attached hydrogens (tertiary/aromatic N) is 4. The number of anilines is 1. The van der Waals surface area contributed by atoms with Crippen molar-refractivity contribution in [3.05, 3.63) is 5.82 Å². The standard InChI is InChI=1S/C13H21N5OS/c1-10-15-13(20-16-10)18-8-6-17(7-9-18)12(19)11-4-2-3-5-14-11/h11,14H,2-9H2,1H3/t11-/m1/s1. The Morgan fingerprint density at radius 1 is 1.30 bits per heavy atom. The van der Waals surface area contributed by atoms with Crippen LogP contribution in [0.5, 0.6) is 0 Å². The van der Waals surface area contributed by atoms with Crippen molar-refractivity contribution in [2.24, 2.45) is 0 Å². The van der Waals surface area contributed by atoms with E-state index in [1.165, 1.54) is 18.0 Å². The van der Waals surface area contributed by atoms with Crippen LogP contribution in [-0.4, -0.2) is 58.9 Å². The molecule has 0 spiro atoms. The van der Waals surface area contributed by atoms with Crippen LogP contribution in [-0.2, 0) is 4.79 Å². The molecule has 3 heterocycles. The molecule has 2 aliphatic heterocycles. The Labute approximate surface area is 123 Å². The zero-order valence-corrected chi connectivity index (χ0v) is 12.7. The second-order valence-corrected chi connectivity index (χ2v) is 6.17. The highest BCUT2D eigenvalue weighted by Crippen LogP contribution is 2.19. The quantitative estimate of drug-likeness (QED) is 0.867. The fourth-order valence-electron chi connectivity index (χ4n) is 2.82. The Bertz CT molecular complexity index is 463. The van der Waals surface area contributed by atoms with E-state index >= 15 is 0 Å². The zero-order chi connectivity index (χ0) is 13.9. The summed E-state index contributed by atoms with van der Waals surface area (Å²) in [4.78, 5) is 21.0. The number of aromatic nitrogens is 2. The van der Waals surface area contributed by atoms with Gasteiger partial charge in [0.25, 0.3) is 0 Å². The monoisotopic (exact) mass is 295 g/mol. The average molecular weight is 295 g/mol. The number of rotatable bonds is 2. The maximum Gasteiger partial charge on any atom is 0.239 e. The molecule has 1 amide bonds. The number of hydrogen-bond donors (Lipinski definition) is 1. The van der Waals surface area contributed by atoms with Gasteiger partial charge in [0.1, 0.15) is 5.82 Å². The molecule has 0 aliphatic carbocycles. The van der Waals surface area contributed by atoms with Gasteiger partial charge in [-0.1, -0.05) is 6.42 Å². The fraction of sp³-hybridized carbons (Fsp3) is 0.769.